The molecule has 17 nitrogen and oxygen atoms in total. The van der Waals surface area contributed by atoms with Gasteiger partial charge in [0.05, 0.1) is 26.4 Å². The number of rotatable bonds is 83. The first-order chi connectivity index (χ1) is 49.5. The molecule has 606 valence electrons. The van der Waals surface area contributed by atoms with Crippen molar-refractivity contribution in [2.24, 2.45) is 5.92 Å². The molecule has 0 heterocycles. The van der Waals surface area contributed by atoms with Crippen LogP contribution in [-0.2, 0) is 65.4 Å². The van der Waals surface area contributed by atoms with Crippen molar-refractivity contribution in [2.75, 3.05) is 39.6 Å². The van der Waals surface area contributed by atoms with Crippen molar-refractivity contribution >= 4 is 39.5 Å². The van der Waals surface area contributed by atoms with Crippen molar-refractivity contribution < 1.29 is 80.2 Å². The van der Waals surface area contributed by atoms with Crippen LogP contribution in [0, 0.1) is 5.92 Å². The van der Waals surface area contributed by atoms with Gasteiger partial charge in [0.15, 0.2) is 12.2 Å². The Morgan fingerprint density at radius 1 is 0.265 bits per heavy atom. The van der Waals surface area contributed by atoms with Crippen LogP contribution in [0.5, 0.6) is 0 Å². The Kier molecular flexibility index (Phi) is 74.4. The lowest BCUT2D eigenvalue weighted by molar-refractivity contribution is -0.161. The van der Waals surface area contributed by atoms with E-state index in [1.165, 1.54) is 270 Å². The quantitative estimate of drug-likeness (QED) is 0.0222. The molecule has 0 saturated carbocycles. The van der Waals surface area contributed by atoms with Crippen LogP contribution in [-0.4, -0.2) is 96.7 Å². The molecule has 0 aliphatic heterocycles. The molecule has 5 atom stereocenters. The Bertz CT molecular complexity index is 1940. The first-order valence-electron chi connectivity index (χ1n) is 43.1. The van der Waals surface area contributed by atoms with Gasteiger partial charge in [0, 0.05) is 25.7 Å². The lowest BCUT2D eigenvalue weighted by Gasteiger charge is -2.21. The largest absolute Gasteiger partial charge is 0.472 e. The van der Waals surface area contributed by atoms with Gasteiger partial charge >= 0.3 is 39.5 Å². The SMILES string of the molecule is CCCCCCCCCCCCCCCCCCCCCCC(=O)O[C@H](COC(=O)CCCCCCCCCCCCCCCCCC(C)C)COP(=O)(O)OC[C@@H](O)COP(=O)(O)OC[C@@H](COC(=O)CCCCCCCCCC)OC(=O)CCCCCCCCCCCCCCCCCC. The number of hydrogen-bond donors (Lipinski definition) is 3. The average Bonchev–Trinajstić information content (AvgIpc) is 0.941. The van der Waals surface area contributed by atoms with E-state index in [-0.39, 0.29) is 25.7 Å². The summed E-state index contributed by atoms with van der Waals surface area (Å²) in [6.45, 7) is 7.35. The maximum Gasteiger partial charge on any atom is 0.472 e. The Labute approximate surface area is 626 Å². The predicted molar refractivity (Wildman–Crippen MR) is 418 cm³/mol. The highest BCUT2D eigenvalue weighted by Gasteiger charge is 2.30. The monoisotopic (exact) mass is 1490 g/mol. The van der Waals surface area contributed by atoms with Crippen LogP contribution in [0.4, 0.5) is 0 Å². The van der Waals surface area contributed by atoms with E-state index < -0.39 is 97.5 Å². The molecule has 0 aromatic carbocycles. The Morgan fingerprint density at radius 2 is 0.451 bits per heavy atom. The van der Waals surface area contributed by atoms with Crippen LogP contribution in [0.15, 0.2) is 0 Å². The first-order valence-corrected chi connectivity index (χ1v) is 46.1. The summed E-state index contributed by atoms with van der Waals surface area (Å²) in [5.74, 6) is -1.30. The van der Waals surface area contributed by atoms with Gasteiger partial charge in [-0.3, -0.25) is 37.3 Å². The number of phosphoric ester groups is 2. The number of unbranched alkanes of at least 4 members (excludes halogenated alkanes) is 55. The minimum absolute atomic E-state index is 0.109. The third kappa shape index (κ3) is 76.3. The zero-order valence-corrected chi connectivity index (χ0v) is 68.5. The Balaban J connectivity index is 5.19. The van der Waals surface area contributed by atoms with Gasteiger partial charge in [0.25, 0.3) is 0 Å². The average molecular weight is 1490 g/mol. The first kappa shape index (κ1) is 100. The number of aliphatic hydroxyl groups excluding tert-OH is 1. The molecule has 0 radical (unpaired) electrons. The van der Waals surface area contributed by atoms with Gasteiger partial charge in [-0.05, 0) is 31.6 Å². The van der Waals surface area contributed by atoms with Crippen LogP contribution in [0.2, 0.25) is 0 Å². The summed E-state index contributed by atoms with van der Waals surface area (Å²) < 4.78 is 68.7. The fraction of sp³-hybridized carbons (Fsp3) is 0.952. The molecule has 0 aromatic rings. The molecule has 19 heteroatoms. The molecule has 102 heavy (non-hydrogen) atoms. The lowest BCUT2D eigenvalue weighted by Crippen LogP contribution is -2.30. The van der Waals surface area contributed by atoms with Gasteiger partial charge in [-0.25, -0.2) is 9.13 Å². The van der Waals surface area contributed by atoms with Crippen molar-refractivity contribution in [3.8, 4) is 0 Å². The van der Waals surface area contributed by atoms with Gasteiger partial charge in [0.1, 0.15) is 19.3 Å². The van der Waals surface area contributed by atoms with Crippen molar-refractivity contribution in [2.45, 2.75) is 464 Å². The molecule has 0 aromatic heterocycles. The van der Waals surface area contributed by atoms with Crippen LogP contribution in [0.3, 0.4) is 0 Å². The summed E-state index contributed by atoms with van der Waals surface area (Å²) in [4.78, 5) is 73.0. The standard InChI is InChI=1S/C83H162O17P2/c1-6-9-12-15-18-21-23-25-27-29-30-31-32-36-41-45-49-54-59-64-69-83(88)100-79(73-94-81(86)67-62-57-52-47-43-39-37-33-34-38-42-46-50-55-60-65-76(4)5)75-98-102(91,92)96-71-77(84)70-95-101(89,90)97-74-78(72-93-80(85)66-61-56-51-20-17-14-11-8-3)99-82(87)68-63-58-53-48-44-40-35-28-26-24-22-19-16-13-10-7-2/h76-79,84H,6-75H2,1-5H3,(H,89,90)(H,91,92)/t77-,78+,79+/m0/s1. The maximum atomic E-state index is 13.1. The topological polar surface area (TPSA) is 237 Å². The minimum Gasteiger partial charge on any atom is -0.462 e. The third-order valence-electron chi connectivity index (χ3n) is 19.5. The second-order valence-corrected chi connectivity index (χ2v) is 33.3. The van der Waals surface area contributed by atoms with E-state index in [9.17, 15) is 43.2 Å². The highest BCUT2D eigenvalue weighted by molar-refractivity contribution is 7.47. The summed E-state index contributed by atoms with van der Waals surface area (Å²) >= 11 is 0. The fourth-order valence-corrected chi connectivity index (χ4v) is 14.5. The number of ether oxygens (including phenoxy) is 4. The Morgan fingerprint density at radius 3 is 0.667 bits per heavy atom. The fourth-order valence-electron chi connectivity index (χ4n) is 12.9. The second kappa shape index (κ2) is 75.9. The molecule has 0 rings (SSSR count). The summed E-state index contributed by atoms with van der Waals surface area (Å²) in [5, 5.41) is 10.6. The summed E-state index contributed by atoms with van der Waals surface area (Å²) in [7, 11) is -9.92. The number of esters is 4. The van der Waals surface area contributed by atoms with Crippen LogP contribution < -0.4 is 0 Å². The van der Waals surface area contributed by atoms with E-state index in [2.05, 4.69) is 34.6 Å². The highest BCUT2D eigenvalue weighted by atomic mass is 31.2. The predicted octanol–water partition coefficient (Wildman–Crippen LogP) is 25.2. The van der Waals surface area contributed by atoms with E-state index in [0.717, 1.165) is 95.8 Å². The zero-order valence-electron chi connectivity index (χ0n) is 66.8. The third-order valence-corrected chi connectivity index (χ3v) is 21.4. The normalized spacial score (nSPS) is 13.8. The molecule has 0 bridgehead atoms. The number of phosphoric acid groups is 2. The summed E-state index contributed by atoms with van der Waals surface area (Å²) in [5.41, 5.74) is 0. The number of hydrogen-bond acceptors (Lipinski definition) is 15. The van der Waals surface area contributed by atoms with Gasteiger partial charge in [-0.1, -0.05) is 394 Å². The smallest absolute Gasteiger partial charge is 0.462 e. The van der Waals surface area contributed by atoms with Gasteiger partial charge in [0.2, 0.25) is 0 Å². The number of carbonyl (C=O) groups excluding carboxylic acids is 4. The summed E-state index contributed by atoms with van der Waals surface area (Å²) in [6, 6.07) is 0. The molecule has 0 aliphatic carbocycles. The number of carbonyl (C=O) groups is 4. The molecule has 0 aliphatic rings. The Hall–Kier alpha value is -1.94. The van der Waals surface area contributed by atoms with Crippen LogP contribution >= 0.6 is 15.6 Å². The van der Waals surface area contributed by atoms with Gasteiger partial charge < -0.3 is 33.8 Å². The zero-order chi connectivity index (χ0) is 74.8. The summed E-state index contributed by atoms with van der Waals surface area (Å²) in [6.07, 6.45) is 68.1. The molecular weight excluding hydrogens is 1330 g/mol. The van der Waals surface area contributed by atoms with Crippen LogP contribution in [0.25, 0.3) is 0 Å². The van der Waals surface area contributed by atoms with E-state index in [1.54, 1.807) is 0 Å². The van der Waals surface area contributed by atoms with Gasteiger partial charge in [-0.2, -0.15) is 0 Å². The van der Waals surface area contributed by atoms with Crippen molar-refractivity contribution in [1.29, 1.82) is 0 Å². The number of aliphatic hydroxyl groups is 1. The van der Waals surface area contributed by atoms with Crippen LogP contribution in [0.1, 0.15) is 446 Å². The van der Waals surface area contributed by atoms with Crippen molar-refractivity contribution in [1.82, 2.24) is 0 Å². The lowest BCUT2D eigenvalue weighted by atomic mass is 10.0. The minimum atomic E-state index is -4.96. The molecular formula is C83H162O17P2. The molecule has 0 spiro atoms. The van der Waals surface area contributed by atoms with E-state index in [4.69, 9.17) is 37.0 Å². The second-order valence-electron chi connectivity index (χ2n) is 30.3. The van der Waals surface area contributed by atoms with E-state index in [1.807, 2.05) is 0 Å². The molecule has 0 fully saturated rings. The van der Waals surface area contributed by atoms with Crippen molar-refractivity contribution in [3.63, 3.8) is 0 Å². The molecule has 2 unspecified atom stereocenters. The molecule has 3 N–H and O–H groups in total. The maximum absolute atomic E-state index is 13.1. The molecule has 0 amide bonds. The van der Waals surface area contributed by atoms with Crippen molar-refractivity contribution in [3.05, 3.63) is 0 Å². The molecule has 0 saturated heterocycles. The van der Waals surface area contributed by atoms with E-state index in [0.29, 0.717) is 25.7 Å². The highest BCUT2D eigenvalue weighted by Crippen LogP contribution is 2.45. The van der Waals surface area contributed by atoms with E-state index >= 15 is 0 Å². The van der Waals surface area contributed by atoms with Gasteiger partial charge in [-0.15, -0.1) is 0 Å².